The van der Waals surface area contributed by atoms with Crippen LogP contribution in [0.3, 0.4) is 0 Å². The molecule has 0 aromatic heterocycles. The second-order valence-corrected chi connectivity index (χ2v) is 9.96. The van der Waals surface area contributed by atoms with E-state index in [2.05, 4.69) is 6.58 Å². The molecule has 0 radical (unpaired) electrons. The molecule has 0 aliphatic rings. The van der Waals surface area contributed by atoms with E-state index >= 15 is 0 Å². The molecular weight excluding hydrogens is 400 g/mol. The smallest absolute Gasteiger partial charge is 0.311 e. The molecule has 0 unspecified atom stereocenters. The minimum atomic E-state index is -1.000. The average molecular weight is 439 g/mol. The van der Waals surface area contributed by atoms with Gasteiger partial charge in [-0.1, -0.05) is 42.5 Å². The van der Waals surface area contributed by atoms with Crippen molar-refractivity contribution in [2.24, 2.45) is 11.3 Å². The fourth-order valence-corrected chi connectivity index (χ4v) is 3.14. The number of ether oxygens (including phenoxy) is 2. The molecule has 0 aliphatic heterocycles. The third-order valence-corrected chi connectivity index (χ3v) is 5.89. The highest BCUT2D eigenvalue weighted by molar-refractivity contribution is 6.22. The predicted molar refractivity (Wildman–Crippen MR) is 124 cm³/mol. The number of hydrogen-bond donors (Lipinski definition) is 1. The van der Waals surface area contributed by atoms with E-state index in [-0.39, 0.29) is 23.9 Å². The van der Waals surface area contributed by atoms with Gasteiger partial charge in [0.2, 0.25) is 0 Å². The van der Waals surface area contributed by atoms with Crippen LogP contribution in [0.4, 0.5) is 0 Å². The van der Waals surface area contributed by atoms with Crippen molar-refractivity contribution in [1.82, 2.24) is 0 Å². The van der Waals surface area contributed by atoms with E-state index in [4.69, 9.17) is 21.1 Å². The summed E-state index contributed by atoms with van der Waals surface area (Å²) in [5.41, 5.74) is 0.446. The first-order valence-corrected chi connectivity index (χ1v) is 11.2. The first-order chi connectivity index (χ1) is 13.9. The maximum atomic E-state index is 12.2. The summed E-state index contributed by atoms with van der Waals surface area (Å²) in [5.74, 6) is -0.459. The van der Waals surface area contributed by atoms with Crippen molar-refractivity contribution in [3.05, 3.63) is 48.0 Å². The lowest BCUT2D eigenvalue weighted by Crippen LogP contribution is -2.39. The first kappa shape index (κ1) is 26.7. The number of carbonyl (C=O) groups excluding carboxylic acids is 1. The van der Waals surface area contributed by atoms with Crippen molar-refractivity contribution in [3.63, 3.8) is 0 Å². The lowest BCUT2D eigenvalue weighted by atomic mass is 9.82. The van der Waals surface area contributed by atoms with Gasteiger partial charge in [0.1, 0.15) is 0 Å². The van der Waals surface area contributed by atoms with Crippen LogP contribution in [0.15, 0.2) is 42.5 Å². The van der Waals surface area contributed by atoms with E-state index in [0.717, 1.165) is 17.6 Å². The van der Waals surface area contributed by atoms with Crippen LogP contribution in [0.25, 0.3) is 0 Å². The summed E-state index contributed by atoms with van der Waals surface area (Å²) in [6.07, 6.45) is 2.60. The molecule has 4 nitrogen and oxygen atoms in total. The molecule has 3 atom stereocenters. The number of halogens is 1. The molecule has 30 heavy (non-hydrogen) atoms. The Hall–Kier alpha value is -1.36. The zero-order valence-corrected chi connectivity index (χ0v) is 20.0. The van der Waals surface area contributed by atoms with Crippen molar-refractivity contribution in [2.75, 3.05) is 13.2 Å². The molecule has 1 aromatic carbocycles. The number of benzene rings is 1. The quantitative estimate of drug-likeness (QED) is 0.180. The first-order valence-electron chi connectivity index (χ1n) is 10.7. The molecule has 0 heterocycles. The summed E-state index contributed by atoms with van der Waals surface area (Å²) in [5, 5.41) is 11.0. The zero-order chi connectivity index (χ0) is 22.8. The van der Waals surface area contributed by atoms with Gasteiger partial charge >= 0.3 is 5.97 Å². The van der Waals surface area contributed by atoms with Gasteiger partial charge in [-0.3, -0.25) is 4.79 Å². The van der Waals surface area contributed by atoms with Crippen LogP contribution in [-0.2, 0) is 20.9 Å². The molecule has 0 spiro atoms. The van der Waals surface area contributed by atoms with Gasteiger partial charge in [-0.25, -0.2) is 0 Å². The Bertz CT molecular complexity index is 649. The number of allylic oxidation sites excluding steroid dienone is 1. The summed E-state index contributed by atoms with van der Waals surface area (Å²) in [7, 11) is 0. The predicted octanol–water partition coefficient (Wildman–Crippen LogP) is 5.90. The molecule has 170 valence electrons. The molecular formula is C25H39ClO4. The van der Waals surface area contributed by atoms with Crippen LogP contribution >= 0.6 is 11.6 Å². The van der Waals surface area contributed by atoms with Gasteiger partial charge in [0.05, 0.1) is 29.6 Å². The molecule has 5 heteroatoms. The Labute approximate surface area is 187 Å². The SMILES string of the molecule is C=C(C)[C@H](Cl)CC[C@@](C)(O)[C@H](CCCOCc1ccccc1)COC(=O)C(C)(C)C. The van der Waals surface area contributed by atoms with Crippen LogP contribution in [0.1, 0.15) is 65.9 Å². The van der Waals surface area contributed by atoms with Gasteiger partial charge in [0, 0.05) is 12.5 Å². The normalized spacial score (nSPS) is 15.8. The van der Waals surface area contributed by atoms with Gasteiger partial charge in [0.25, 0.3) is 0 Å². The van der Waals surface area contributed by atoms with Gasteiger partial charge < -0.3 is 14.6 Å². The second-order valence-electron chi connectivity index (χ2n) is 9.44. The summed E-state index contributed by atoms with van der Waals surface area (Å²) >= 11 is 6.30. The Morgan fingerprint density at radius 1 is 1.17 bits per heavy atom. The van der Waals surface area contributed by atoms with E-state index in [1.807, 2.05) is 58.0 Å². The Balaban J connectivity index is 2.61. The highest BCUT2D eigenvalue weighted by atomic mass is 35.5. The van der Waals surface area contributed by atoms with Crippen LogP contribution in [-0.4, -0.2) is 35.3 Å². The molecule has 0 aliphatic carbocycles. The second kappa shape index (κ2) is 12.5. The lowest BCUT2D eigenvalue weighted by Gasteiger charge is -2.34. The number of esters is 1. The standard InChI is InChI=1S/C25H39ClO4/c1-19(2)22(26)14-15-25(6,28)21(18-30-23(27)24(3,4)5)13-10-16-29-17-20-11-8-7-9-12-20/h7-9,11-12,21-22,28H,1,10,13-18H2,2-6H3/t21-,22-,25-/m1/s1. The van der Waals surface area contributed by atoms with E-state index < -0.39 is 11.0 Å². The van der Waals surface area contributed by atoms with Gasteiger partial charge in [-0.05, 0) is 65.9 Å². The Morgan fingerprint density at radius 3 is 2.37 bits per heavy atom. The molecule has 0 saturated carbocycles. The van der Waals surface area contributed by atoms with Crippen LogP contribution in [0.5, 0.6) is 0 Å². The summed E-state index contributed by atoms with van der Waals surface area (Å²) in [6.45, 7) is 14.4. The van der Waals surface area contributed by atoms with Crippen molar-refractivity contribution in [2.45, 2.75) is 77.9 Å². The number of alkyl halides is 1. The van der Waals surface area contributed by atoms with Crippen LogP contribution in [0, 0.1) is 11.3 Å². The molecule has 0 bridgehead atoms. The number of carbonyl (C=O) groups is 1. The largest absolute Gasteiger partial charge is 0.465 e. The number of aliphatic hydroxyl groups is 1. The fourth-order valence-electron chi connectivity index (χ4n) is 3.03. The van der Waals surface area contributed by atoms with Crippen molar-refractivity contribution >= 4 is 17.6 Å². The number of rotatable bonds is 13. The van der Waals surface area contributed by atoms with Gasteiger partial charge in [-0.2, -0.15) is 0 Å². The van der Waals surface area contributed by atoms with Crippen molar-refractivity contribution in [1.29, 1.82) is 0 Å². The summed E-state index contributed by atoms with van der Waals surface area (Å²) in [6, 6.07) is 10.0. The maximum absolute atomic E-state index is 12.2. The fraction of sp³-hybridized carbons (Fsp3) is 0.640. The molecule has 1 rings (SSSR count). The zero-order valence-electron chi connectivity index (χ0n) is 19.2. The molecule has 0 fully saturated rings. The third kappa shape index (κ3) is 10.1. The highest BCUT2D eigenvalue weighted by Gasteiger charge is 2.34. The van der Waals surface area contributed by atoms with Crippen molar-refractivity contribution < 1.29 is 19.4 Å². The number of hydrogen-bond acceptors (Lipinski definition) is 4. The lowest BCUT2D eigenvalue weighted by molar-refractivity contribution is -0.157. The minimum absolute atomic E-state index is 0.177. The maximum Gasteiger partial charge on any atom is 0.311 e. The molecule has 1 aromatic rings. The summed E-state index contributed by atoms with van der Waals surface area (Å²) < 4.78 is 11.3. The van der Waals surface area contributed by atoms with Crippen LogP contribution in [0.2, 0.25) is 0 Å². The molecule has 0 saturated heterocycles. The van der Waals surface area contributed by atoms with Gasteiger partial charge in [-0.15, -0.1) is 11.6 Å². The highest BCUT2D eigenvalue weighted by Crippen LogP contribution is 2.30. The van der Waals surface area contributed by atoms with E-state index in [1.165, 1.54) is 0 Å². The minimum Gasteiger partial charge on any atom is -0.465 e. The van der Waals surface area contributed by atoms with Gasteiger partial charge in [0.15, 0.2) is 0 Å². The summed E-state index contributed by atoms with van der Waals surface area (Å²) in [4.78, 5) is 12.2. The van der Waals surface area contributed by atoms with E-state index in [0.29, 0.717) is 32.5 Å². The monoisotopic (exact) mass is 438 g/mol. The Kier molecular flexibility index (Phi) is 11.1. The topological polar surface area (TPSA) is 55.8 Å². The molecule has 0 amide bonds. The molecule has 1 N–H and O–H groups in total. The van der Waals surface area contributed by atoms with E-state index in [9.17, 15) is 9.90 Å². The van der Waals surface area contributed by atoms with Crippen molar-refractivity contribution in [3.8, 4) is 0 Å². The average Bonchev–Trinajstić information content (AvgIpc) is 2.67. The van der Waals surface area contributed by atoms with Crippen LogP contribution < -0.4 is 0 Å². The third-order valence-electron chi connectivity index (χ3n) is 5.30. The van der Waals surface area contributed by atoms with E-state index in [1.54, 1.807) is 6.92 Å². The Morgan fingerprint density at radius 2 is 1.80 bits per heavy atom.